The Morgan fingerprint density at radius 2 is 1.90 bits per heavy atom. The lowest BCUT2D eigenvalue weighted by Crippen LogP contribution is -2.34. The molecule has 0 aliphatic heterocycles. The van der Waals surface area contributed by atoms with Crippen LogP contribution >= 0.6 is 15.9 Å². The van der Waals surface area contributed by atoms with Gasteiger partial charge in [0.25, 0.3) is 0 Å². The van der Waals surface area contributed by atoms with E-state index in [2.05, 4.69) is 21.2 Å². The van der Waals surface area contributed by atoms with Gasteiger partial charge in [-0.25, -0.2) is 0 Å². The maximum Gasteiger partial charge on any atom is 0.418 e. The van der Waals surface area contributed by atoms with E-state index >= 15 is 0 Å². The first-order chi connectivity index (χ1) is 9.70. The van der Waals surface area contributed by atoms with E-state index in [0.717, 1.165) is 12.1 Å². The molecule has 0 fully saturated rings. The number of hydrogen-bond acceptors (Lipinski definition) is 2. The minimum atomic E-state index is -4.60. The van der Waals surface area contributed by atoms with Crippen LogP contribution in [-0.4, -0.2) is 5.91 Å². The van der Waals surface area contributed by atoms with Crippen LogP contribution in [0, 0.1) is 16.7 Å². The highest BCUT2D eigenvalue weighted by molar-refractivity contribution is 9.10. The first-order valence-electron chi connectivity index (χ1n) is 6.29. The number of hydrogen-bond donors (Lipinski definition) is 1. The number of rotatable bonds is 4. The van der Waals surface area contributed by atoms with E-state index in [0.29, 0.717) is 0 Å². The van der Waals surface area contributed by atoms with Crippen molar-refractivity contribution in [3.05, 3.63) is 28.2 Å². The van der Waals surface area contributed by atoms with Gasteiger partial charge < -0.3 is 5.32 Å². The maximum atomic E-state index is 13.0. The Morgan fingerprint density at radius 3 is 2.33 bits per heavy atom. The van der Waals surface area contributed by atoms with Gasteiger partial charge in [-0.1, -0.05) is 29.8 Å². The summed E-state index contributed by atoms with van der Waals surface area (Å²) >= 11 is 2.97. The highest BCUT2D eigenvalue weighted by Gasteiger charge is 2.38. The lowest BCUT2D eigenvalue weighted by Gasteiger charge is -2.23. The molecule has 0 aliphatic rings. The molecule has 0 saturated carbocycles. The molecule has 0 atom stereocenters. The van der Waals surface area contributed by atoms with Gasteiger partial charge in [0.05, 0.1) is 17.3 Å². The molecular weight excluding hydrogens is 349 g/mol. The molecule has 1 aromatic carbocycles. The number of alkyl halides is 3. The molecule has 0 heterocycles. The van der Waals surface area contributed by atoms with Crippen LogP contribution in [0.5, 0.6) is 0 Å². The third kappa shape index (κ3) is 3.76. The standard InChI is InChI=1S/C14H14BrF3N2O/c1-3-13(4-2,8-19)12(21)20-11-6-5-9(15)7-10(11)14(16,17)18/h5-7H,3-4H2,1-2H3,(H,20,21). The summed E-state index contributed by atoms with van der Waals surface area (Å²) in [4.78, 5) is 12.2. The van der Waals surface area contributed by atoms with Gasteiger partial charge in [-0.2, -0.15) is 18.4 Å². The van der Waals surface area contributed by atoms with Crippen LogP contribution < -0.4 is 5.32 Å². The average molecular weight is 363 g/mol. The average Bonchev–Trinajstić information content (AvgIpc) is 2.42. The lowest BCUT2D eigenvalue weighted by molar-refractivity contribution is -0.137. The molecule has 0 radical (unpaired) electrons. The second-order valence-electron chi connectivity index (χ2n) is 4.54. The van der Waals surface area contributed by atoms with Crippen LogP contribution in [0.4, 0.5) is 18.9 Å². The number of nitrogens with one attached hydrogen (secondary N) is 1. The lowest BCUT2D eigenvalue weighted by atomic mass is 9.83. The molecule has 1 aromatic rings. The van der Waals surface area contributed by atoms with Gasteiger partial charge >= 0.3 is 6.18 Å². The minimum Gasteiger partial charge on any atom is -0.324 e. The Hall–Kier alpha value is -1.55. The van der Waals surface area contributed by atoms with E-state index in [1.54, 1.807) is 13.8 Å². The summed E-state index contributed by atoms with van der Waals surface area (Å²) in [5.74, 6) is -0.720. The monoisotopic (exact) mass is 362 g/mol. The predicted octanol–water partition coefficient (Wildman–Crippen LogP) is 4.74. The molecule has 0 unspecified atom stereocenters. The number of amides is 1. The second-order valence-corrected chi connectivity index (χ2v) is 5.46. The molecule has 0 aromatic heterocycles. The summed E-state index contributed by atoms with van der Waals surface area (Å²) in [6.07, 6.45) is -4.15. The van der Waals surface area contributed by atoms with Gasteiger partial charge in [-0.05, 0) is 31.0 Å². The number of carbonyl (C=O) groups excluding carboxylic acids is 1. The summed E-state index contributed by atoms with van der Waals surface area (Å²) in [5, 5.41) is 11.4. The fourth-order valence-corrected chi connectivity index (χ4v) is 2.24. The molecule has 114 valence electrons. The van der Waals surface area contributed by atoms with E-state index in [1.165, 1.54) is 6.07 Å². The Balaban J connectivity index is 3.21. The summed E-state index contributed by atoms with van der Waals surface area (Å²) < 4.78 is 39.2. The second kappa shape index (κ2) is 6.48. The van der Waals surface area contributed by atoms with Crippen LogP contribution in [0.1, 0.15) is 32.3 Å². The highest BCUT2D eigenvalue weighted by atomic mass is 79.9. The number of benzene rings is 1. The number of halogens is 4. The molecule has 0 saturated heterocycles. The van der Waals surface area contributed by atoms with Gasteiger partial charge in [0.2, 0.25) is 5.91 Å². The predicted molar refractivity (Wildman–Crippen MR) is 76.4 cm³/mol. The number of nitriles is 1. The minimum absolute atomic E-state index is 0.226. The third-order valence-corrected chi connectivity index (χ3v) is 3.88. The van der Waals surface area contributed by atoms with Gasteiger partial charge in [-0.3, -0.25) is 4.79 Å². The zero-order valence-electron chi connectivity index (χ0n) is 11.5. The normalized spacial score (nSPS) is 11.9. The first kappa shape index (κ1) is 17.5. The summed E-state index contributed by atoms with van der Waals surface area (Å²) in [6, 6.07) is 5.36. The van der Waals surface area contributed by atoms with Crippen molar-refractivity contribution in [3.63, 3.8) is 0 Å². The highest BCUT2D eigenvalue weighted by Crippen LogP contribution is 2.37. The molecule has 0 aliphatic carbocycles. The van der Waals surface area contributed by atoms with E-state index < -0.39 is 23.1 Å². The summed E-state index contributed by atoms with van der Waals surface area (Å²) in [7, 11) is 0. The quantitative estimate of drug-likeness (QED) is 0.840. The van der Waals surface area contributed by atoms with Crippen molar-refractivity contribution >= 4 is 27.5 Å². The van der Waals surface area contributed by atoms with E-state index in [9.17, 15) is 18.0 Å². The Morgan fingerprint density at radius 1 is 1.33 bits per heavy atom. The summed E-state index contributed by atoms with van der Waals surface area (Å²) in [5.41, 5.74) is -2.63. The molecule has 0 bridgehead atoms. The van der Waals surface area contributed by atoms with Gasteiger partial charge in [0.1, 0.15) is 5.41 Å². The number of nitrogens with zero attached hydrogens (tertiary/aromatic N) is 1. The zero-order chi connectivity index (χ0) is 16.3. The van der Waals surface area contributed by atoms with Crippen LogP contribution in [0.2, 0.25) is 0 Å². The van der Waals surface area contributed by atoms with Crippen molar-refractivity contribution in [2.75, 3.05) is 5.32 Å². The molecule has 1 rings (SSSR count). The van der Waals surface area contributed by atoms with Crippen molar-refractivity contribution in [3.8, 4) is 6.07 Å². The largest absolute Gasteiger partial charge is 0.418 e. The Labute approximate surface area is 129 Å². The molecule has 1 amide bonds. The number of anilines is 1. The maximum absolute atomic E-state index is 13.0. The molecule has 3 nitrogen and oxygen atoms in total. The van der Waals surface area contributed by atoms with Crippen molar-refractivity contribution in [2.24, 2.45) is 5.41 Å². The molecule has 1 N–H and O–H groups in total. The Bertz CT molecular complexity index is 575. The van der Waals surface area contributed by atoms with Crippen LogP contribution in [0.15, 0.2) is 22.7 Å². The zero-order valence-corrected chi connectivity index (χ0v) is 13.1. The third-order valence-electron chi connectivity index (χ3n) is 3.39. The van der Waals surface area contributed by atoms with Crippen molar-refractivity contribution in [2.45, 2.75) is 32.9 Å². The van der Waals surface area contributed by atoms with Gasteiger partial charge in [-0.15, -0.1) is 0 Å². The smallest absolute Gasteiger partial charge is 0.324 e. The van der Waals surface area contributed by atoms with Gasteiger partial charge in [0, 0.05) is 4.47 Å². The fraction of sp³-hybridized carbons (Fsp3) is 0.429. The Kier molecular flexibility index (Phi) is 5.40. The SMILES string of the molecule is CCC(C#N)(CC)C(=O)Nc1ccc(Br)cc1C(F)(F)F. The topological polar surface area (TPSA) is 52.9 Å². The van der Waals surface area contributed by atoms with Crippen molar-refractivity contribution < 1.29 is 18.0 Å². The molecule has 7 heteroatoms. The van der Waals surface area contributed by atoms with E-state index in [4.69, 9.17) is 5.26 Å². The van der Waals surface area contributed by atoms with Crippen molar-refractivity contribution in [1.82, 2.24) is 0 Å². The first-order valence-corrected chi connectivity index (χ1v) is 7.09. The van der Waals surface area contributed by atoms with E-state index in [1.807, 2.05) is 6.07 Å². The van der Waals surface area contributed by atoms with Crippen molar-refractivity contribution in [1.29, 1.82) is 5.26 Å². The fourth-order valence-electron chi connectivity index (χ4n) is 1.88. The van der Waals surface area contributed by atoms with E-state index in [-0.39, 0.29) is 23.0 Å². The van der Waals surface area contributed by atoms with Crippen LogP contribution in [-0.2, 0) is 11.0 Å². The molecular formula is C14H14BrF3N2O. The molecule has 21 heavy (non-hydrogen) atoms. The van der Waals surface area contributed by atoms with Gasteiger partial charge in [0.15, 0.2) is 0 Å². The van der Waals surface area contributed by atoms with Crippen LogP contribution in [0.25, 0.3) is 0 Å². The number of carbonyl (C=O) groups is 1. The molecule has 0 spiro atoms. The summed E-state index contributed by atoms with van der Waals surface area (Å²) in [6.45, 7) is 3.30. The van der Waals surface area contributed by atoms with Crippen LogP contribution in [0.3, 0.4) is 0 Å².